The molecule has 2 aromatic rings. The normalized spacial score (nSPS) is 28.8. The fourth-order valence-corrected chi connectivity index (χ4v) is 8.81. The Labute approximate surface area is 221 Å². The quantitative estimate of drug-likeness (QED) is 0.398. The van der Waals surface area contributed by atoms with E-state index in [-0.39, 0.29) is 42.8 Å². The van der Waals surface area contributed by atoms with Crippen molar-refractivity contribution in [3.63, 3.8) is 0 Å². The molecule has 196 valence electrons. The van der Waals surface area contributed by atoms with Gasteiger partial charge >= 0.3 is 5.97 Å². The van der Waals surface area contributed by atoms with E-state index in [1.165, 1.54) is 0 Å². The highest BCUT2D eigenvalue weighted by molar-refractivity contribution is 8.02. The SMILES string of the molecule is C=CCN(C(=O)C1N([C@@H](CC)CO)C(=O)[C@@H]2[C@H](C(=O)OCC)[C@@H]3CCC12S3)c1ccc2ccccc2c1. The third-order valence-electron chi connectivity index (χ3n) is 8.23. The summed E-state index contributed by atoms with van der Waals surface area (Å²) in [7, 11) is 0. The molecule has 2 amide bonds. The summed E-state index contributed by atoms with van der Waals surface area (Å²) in [5.74, 6) is -1.98. The molecule has 3 aliphatic rings. The number of esters is 1. The fourth-order valence-electron chi connectivity index (χ4n) is 6.63. The third-order valence-corrected chi connectivity index (χ3v) is 10.2. The Morgan fingerprint density at radius 3 is 2.70 bits per heavy atom. The van der Waals surface area contributed by atoms with Gasteiger partial charge in [-0.1, -0.05) is 43.3 Å². The molecule has 5 rings (SSSR count). The van der Waals surface area contributed by atoms with Gasteiger partial charge in [-0.25, -0.2) is 0 Å². The van der Waals surface area contributed by atoms with Crippen LogP contribution in [0.3, 0.4) is 0 Å². The van der Waals surface area contributed by atoms with E-state index in [0.717, 1.165) is 22.9 Å². The summed E-state index contributed by atoms with van der Waals surface area (Å²) in [6.45, 7) is 7.83. The molecule has 3 saturated heterocycles. The Kier molecular flexibility index (Phi) is 7.07. The number of anilines is 1. The van der Waals surface area contributed by atoms with Crippen LogP contribution < -0.4 is 4.90 Å². The van der Waals surface area contributed by atoms with Crippen LogP contribution in [0.25, 0.3) is 10.8 Å². The van der Waals surface area contributed by atoms with E-state index in [2.05, 4.69) is 6.58 Å². The number of carbonyl (C=O) groups is 3. The van der Waals surface area contributed by atoms with Crippen molar-refractivity contribution in [3.8, 4) is 0 Å². The lowest BCUT2D eigenvalue weighted by atomic mass is 9.71. The zero-order chi connectivity index (χ0) is 26.3. The van der Waals surface area contributed by atoms with Crippen molar-refractivity contribution in [2.24, 2.45) is 11.8 Å². The van der Waals surface area contributed by atoms with Crippen LogP contribution in [0.2, 0.25) is 0 Å². The smallest absolute Gasteiger partial charge is 0.310 e. The zero-order valence-corrected chi connectivity index (χ0v) is 22.2. The molecular formula is C29H34N2O5S. The van der Waals surface area contributed by atoms with Gasteiger partial charge in [0.25, 0.3) is 5.91 Å². The second-order valence-corrected chi connectivity index (χ2v) is 11.7. The average Bonchev–Trinajstić information content (AvgIpc) is 3.55. The van der Waals surface area contributed by atoms with Crippen LogP contribution in [0.5, 0.6) is 0 Å². The first kappa shape index (κ1) is 25.8. The number of aliphatic hydroxyl groups excluding tert-OH is 1. The number of hydrogen-bond donors (Lipinski definition) is 1. The third kappa shape index (κ3) is 3.96. The molecule has 3 heterocycles. The molecule has 0 aromatic heterocycles. The van der Waals surface area contributed by atoms with Crippen LogP contribution in [-0.2, 0) is 19.1 Å². The van der Waals surface area contributed by atoms with Crippen molar-refractivity contribution in [1.82, 2.24) is 4.90 Å². The van der Waals surface area contributed by atoms with Crippen molar-refractivity contribution in [3.05, 3.63) is 55.1 Å². The van der Waals surface area contributed by atoms with Crippen molar-refractivity contribution in [2.45, 2.75) is 55.2 Å². The summed E-state index contributed by atoms with van der Waals surface area (Å²) in [6.07, 6.45) is 3.61. The minimum absolute atomic E-state index is 0.0480. The highest BCUT2D eigenvalue weighted by Gasteiger charge is 2.74. The largest absolute Gasteiger partial charge is 0.466 e. The van der Waals surface area contributed by atoms with Gasteiger partial charge in [-0.05, 0) is 49.1 Å². The first-order valence-electron chi connectivity index (χ1n) is 13.1. The number of fused-ring (bicyclic) bond motifs is 2. The van der Waals surface area contributed by atoms with Gasteiger partial charge in [0, 0.05) is 17.5 Å². The topological polar surface area (TPSA) is 87.2 Å². The van der Waals surface area contributed by atoms with Gasteiger partial charge in [0.1, 0.15) is 6.04 Å². The van der Waals surface area contributed by atoms with Gasteiger partial charge in [-0.2, -0.15) is 0 Å². The number of hydrogen-bond acceptors (Lipinski definition) is 6. The first-order valence-corrected chi connectivity index (χ1v) is 14.0. The highest BCUT2D eigenvalue weighted by Crippen LogP contribution is 2.67. The van der Waals surface area contributed by atoms with Gasteiger partial charge in [0.2, 0.25) is 5.91 Å². The fraction of sp³-hybridized carbons (Fsp3) is 0.483. The van der Waals surface area contributed by atoms with Crippen molar-refractivity contribution in [1.29, 1.82) is 0 Å². The lowest BCUT2D eigenvalue weighted by molar-refractivity contribution is -0.154. The number of amides is 2. The number of likely N-dealkylation sites (tertiary alicyclic amines) is 1. The Hall–Kier alpha value is -2.84. The van der Waals surface area contributed by atoms with Crippen LogP contribution in [0.15, 0.2) is 55.1 Å². The lowest BCUT2D eigenvalue weighted by Crippen LogP contribution is -2.57. The molecule has 8 heteroatoms. The molecule has 0 radical (unpaired) electrons. The maximum Gasteiger partial charge on any atom is 0.310 e. The van der Waals surface area contributed by atoms with E-state index in [0.29, 0.717) is 12.8 Å². The molecule has 3 aliphatic heterocycles. The molecule has 2 aromatic carbocycles. The maximum atomic E-state index is 14.6. The molecule has 1 N–H and O–H groups in total. The number of thioether (sulfide) groups is 1. The van der Waals surface area contributed by atoms with Crippen molar-refractivity contribution >= 4 is 46.0 Å². The molecule has 2 bridgehead atoms. The van der Waals surface area contributed by atoms with Crippen LogP contribution in [0, 0.1) is 11.8 Å². The molecule has 3 fully saturated rings. The monoisotopic (exact) mass is 522 g/mol. The van der Waals surface area contributed by atoms with E-state index >= 15 is 0 Å². The summed E-state index contributed by atoms with van der Waals surface area (Å²) in [4.78, 5) is 44.9. The first-order chi connectivity index (χ1) is 17.9. The Bertz CT molecular complexity index is 1230. The molecule has 0 saturated carbocycles. The van der Waals surface area contributed by atoms with Crippen LogP contribution in [0.1, 0.15) is 33.1 Å². The van der Waals surface area contributed by atoms with Crippen LogP contribution >= 0.6 is 11.8 Å². The minimum atomic E-state index is -0.789. The minimum Gasteiger partial charge on any atom is -0.466 e. The van der Waals surface area contributed by atoms with Crippen molar-refractivity contribution < 1.29 is 24.2 Å². The summed E-state index contributed by atoms with van der Waals surface area (Å²) in [6, 6.07) is 12.6. The Morgan fingerprint density at radius 2 is 2.03 bits per heavy atom. The molecule has 1 spiro atoms. The van der Waals surface area contributed by atoms with E-state index < -0.39 is 28.7 Å². The van der Waals surface area contributed by atoms with Crippen LogP contribution in [-0.4, -0.2) is 69.6 Å². The van der Waals surface area contributed by atoms with E-state index in [1.54, 1.807) is 34.6 Å². The second kappa shape index (κ2) is 10.1. The predicted octanol–water partition coefficient (Wildman–Crippen LogP) is 3.78. The Balaban J connectivity index is 1.60. The van der Waals surface area contributed by atoms with E-state index in [9.17, 15) is 19.5 Å². The maximum absolute atomic E-state index is 14.6. The number of rotatable bonds is 9. The highest BCUT2D eigenvalue weighted by atomic mass is 32.2. The molecule has 2 unspecified atom stereocenters. The van der Waals surface area contributed by atoms with Gasteiger partial charge in [-0.15, -0.1) is 18.3 Å². The second-order valence-electron chi connectivity index (χ2n) is 10.1. The number of carbonyl (C=O) groups excluding carboxylic acids is 3. The number of nitrogens with zero attached hydrogens (tertiary/aromatic N) is 2. The van der Waals surface area contributed by atoms with Gasteiger partial charge < -0.3 is 19.6 Å². The van der Waals surface area contributed by atoms with Crippen molar-refractivity contribution in [2.75, 3.05) is 24.7 Å². The average molecular weight is 523 g/mol. The van der Waals surface area contributed by atoms with E-state index in [4.69, 9.17) is 4.74 Å². The number of benzene rings is 2. The van der Waals surface area contributed by atoms with E-state index in [1.807, 2.05) is 49.4 Å². The summed E-state index contributed by atoms with van der Waals surface area (Å²) < 4.78 is 4.66. The standard InChI is InChI=1S/C29H34N2O5S/c1-4-15-30(21-12-11-18-9-7-8-10-19(18)16-21)27(34)25-29-14-13-22(37-29)23(28(35)36-6-3)24(29)26(33)31(25)20(5-2)17-32/h4,7-12,16,20,22-25,32H,1,5-6,13-15,17H2,2-3H3/t20-,22-,23+,24-,25?,29?/m0/s1. The number of ether oxygens (including phenoxy) is 1. The molecule has 6 atom stereocenters. The summed E-state index contributed by atoms with van der Waals surface area (Å²) in [5.41, 5.74) is 0.729. The molecule has 37 heavy (non-hydrogen) atoms. The molecular weight excluding hydrogens is 488 g/mol. The number of aliphatic hydroxyl groups is 1. The summed E-state index contributed by atoms with van der Waals surface area (Å²) in [5, 5.41) is 12.3. The Morgan fingerprint density at radius 1 is 1.27 bits per heavy atom. The van der Waals surface area contributed by atoms with Gasteiger partial charge in [-0.3, -0.25) is 14.4 Å². The predicted molar refractivity (Wildman–Crippen MR) is 145 cm³/mol. The molecule has 7 nitrogen and oxygen atoms in total. The van der Waals surface area contributed by atoms with Gasteiger partial charge in [0.05, 0.1) is 35.8 Å². The van der Waals surface area contributed by atoms with Gasteiger partial charge in [0.15, 0.2) is 0 Å². The van der Waals surface area contributed by atoms with Crippen LogP contribution in [0.4, 0.5) is 5.69 Å². The molecule has 0 aliphatic carbocycles. The zero-order valence-electron chi connectivity index (χ0n) is 21.3. The lowest BCUT2D eigenvalue weighted by Gasteiger charge is -2.39. The summed E-state index contributed by atoms with van der Waals surface area (Å²) >= 11 is 1.61.